The molecule has 180 valence electrons. The van der Waals surface area contributed by atoms with Gasteiger partial charge in [-0.3, -0.25) is 9.79 Å². The molecule has 1 aromatic carbocycles. The Bertz CT molecular complexity index is 1540. The minimum absolute atomic E-state index is 0.0643. The molecular weight excluding hydrogens is 457 g/mol. The number of halogens is 3. The van der Waals surface area contributed by atoms with Gasteiger partial charge < -0.3 is 14.5 Å². The molecule has 4 heterocycles. The molecular formula is C25H23F3N6O. The second-order valence-electron chi connectivity index (χ2n) is 8.54. The van der Waals surface area contributed by atoms with E-state index in [1.165, 1.54) is 16.7 Å². The Morgan fingerprint density at radius 3 is 2.63 bits per heavy atom. The molecule has 5 rings (SSSR count). The molecule has 0 spiro atoms. The molecule has 2 aromatic rings. The first-order chi connectivity index (χ1) is 16.7. The van der Waals surface area contributed by atoms with Crippen molar-refractivity contribution in [1.29, 1.82) is 0 Å². The van der Waals surface area contributed by atoms with Gasteiger partial charge in [0.15, 0.2) is 5.49 Å². The zero-order chi connectivity index (χ0) is 24.9. The second kappa shape index (κ2) is 8.68. The first-order valence-corrected chi connectivity index (χ1v) is 11.2. The molecule has 0 saturated carbocycles. The number of rotatable bonds is 4. The summed E-state index contributed by atoms with van der Waals surface area (Å²) in [5, 5.41) is 3.37. The smallest absolute Gasteiger partial charge is 0.266 e. The highest BCUT2D eigenvalue weighted by molar-refractivity contribution is 5.82. The SMILES string of the molecule is Cc1nc2n3c(c(-c4ccn(C)c(=O)c4)cc-2c(=NC(C)c2cccc(C(F)F)c2F)n1)NCC3. The Morgan fingerprint density at radius 2 is 1.89 bits per heavy atom. The number of aromatic nitrogens is 4. The number of aryl methyl sites for hydroxylation is 2. The van der Waals surface area contributed by atoms with Crippen molar-refractivity contribution in [2.24, 2.45) is 12.0 Å². The van der Waals surface area contributed by atoms with Crippen LogP contribution in [0.15, 0.2) is 52.4 Å². The lowest BCUT2D eigenvalue weighted by molar-refractivity contribution is 0.146. The van der Waals surface area contributed by atoms with E-state index < -0.39 is 23.8 Å². The Morgan fingerprint density at radius 1 is 1.11 bits per heavy atom. The number of hydrogen-bond donors (Lipinski definition) is 1. The maximum absolute atomic E-state index is 14.8. The lowest BCUT2D eigenvalue weighted by atomic mass is 10.0. The Kier molecular flexibility index (Phi) is 5.66. The molecule has 3 aliphatic rings. The fourth-order valence-corrected chi connectivity index (χ4v) is 4.39. The molecule has 0 saturated heterocycles. The number of alkyl halides is 2. The third-order valence-electron chi connectivity index (χ3n) is 6.19. The zero-order valence-corrected chi connectivity index (χ0v) is 19.4. The van der Waals surface area contributed by atoms with Crippen LogP contribution in [0.1, 0.15) is 36.3 Å². The van der Waals surface area contributed by atoms with E-state index in [4.69, 9.17) is 0 Å². The van der Waals surface area contributed by atoms with Gasteiger partial charge in [0.05, 0.1) is 17.2 Å². The predicted octanol–water partition coefficient (Wildman–Crippen LogP) is 4.22. The summed E-state index contributed by atoms with van der Waals surface area (Å²) in [5.74, 6) is 0.999. The Hall–Kier alpha value is -3.95. The predicted molar refractivity (Wildman–Crippen MR) is 126 cm³/mol. The van der Waals surface area contributed by atoms with Crippen molar-refractivity contribution in [3.8, 4) is 22.5 Å². The van der Waals surface area contributed by atoms with Crippen LogP contribution in [0.3, 0.4) is 0 Å². The maximum atomic E-state index is 14.8. The van der Waals surface area contributed by atoms with Gasteiger partial charge in [-0.1, -0.05) is 18.2 Å². The number of anilines is 1. The van der Waals surface area contributed by atoms with Gasteiger partial charge in [-0.2, -0.15) is 0 Å². The van der Waals surface area contributed by atoms with Gasteiger partial charge in [-0.05, 0) is 31.5 Å². The maximum Gasteiger partial charge on any atom is 0.266 e. The van der Waals surface area contributed by atoms with Crippen molar-refractivity contribution in [3.63, 3.8) is 0 Å². The summed E-state index contributed by atoms with van der Waals surface area (Å²) in [6, 6.07) is 8.43. The van der Waals surface area contributed by atoms with E-state index >= 15 is 0 Å². The Labute approximate surface area is 199 Å². The van der Waals surface area contributed by atoms with E-state index in [2.05, 4.69) is 20.3 Å². The van der Waals surface area contributed by atoms with Crippen LogP contribution < -0.4 is 16.4 Å². The van der Waals surface area contributed by atoms with E-state index in [0.29, 0.717) is 35.8 Å². The van der Waals surface area contributed by atoms with Crippen molar-refractivity contribution < 1.29 is 13.2 Å². The van der Waals surface area contributed by atoms with Crippen LogP contribution in [-0.4, -0.2) is 25.6 Å². The lowest BCUT2D eigenvalue weighted by Crippen LogP contribution is -2.21. The summed E-state index contributed by atoms with van der Waals surface area (Å²) in [6.07, 6.45) is -1.22. The molecule has 0 radical (unpaired) electrons. The van der Waals surface area contributed by atoms with E-state index in [1.54, 1.807) is 33.2 Å². The lowest BCUT2D eigenvalue weighted by Gasteiger charge is -2.18. The standard InChI is InChI=1S/C25H23F3N6O/c1-13(16-5-4-6-17(21(16)26)22(27)28)30-23-19-12-18(15-7-9-33(3)20(35)11-15)24-29-8-10-34(24)25(19)32-14(2)31-23/h4-7,9,11-13,22,29H,8,10H2,1-3H3. The van der Waals surface area contributed by atoms with Crippen molar-refractivity contribution in [2.75, 3.05) is 11.9 Å². The van der Waals surface area contributed by atoms with Gasteiger partial charge in [0, 0.05) is 43.5 Å². The van der Waals surface area contributed by atoms with Gasteiger partial charge in [0.1, 0.15) is 23.3 Å². The fraction of sp³-hybridized carbons (Fsp3) is 0.280. The van der Waals surface area contributed by atoms with Crippen LogP contribution in [0.5, 0.6) is 0 Å². The van der Waals surface area contributed by atoms with E-state index in [9.17, 15) is 18.0 Å². The first kappa shape index (κ1) is 22.8. The largest absolute Gasteiger partial charge is 0.369 e. The minimum Gasteiger partial charge on any atom is -0.369 e. The molecule has 7 nitrogen and oxygen atoms in total. The van der Waals surface area contributed by atoms with Gasteiger partial charge in [0.2, 0.25) is 0 Å². The van der Waals surface area contributed by atoms with Crippen LogP contribution >= 0.6 is 0 Å². The summed E-state index contributed by atoms with van der Waals surface area (Å²) in [4.78, 5) is 26.1. The fourth-order valence-electron chi connectivity index (χ4n) is 4.39. The monoisotopic (exact) mass is 480 g/mol. The third kappa shape index (κ3) is 3.98. The van der Waals surface area contributed by atoms with Gasteiger partial charge >= 0.3 is 0 Å². The van der Waals surface area contributed by atoms with Crippen molar-refractivity contribution in [2.45, 2.75) is 32.9 Å². The highest BCUT2D eigenvalue weighted by Crippen LogP contribution is 2.36. The summed E-state index contributed by atoms with van der Waals surface area (Å²) in [7, 11) is 1.68. The highest BCUT2D eigenvalue weighted by Gasteiger charge is 2.25. The van der Waals surface area contributed by atoms with Crippen molar-refractivity contribution in [3.05, 3.63) is 81.2 Å². The second-order valence-corrected chi connectivity index (χ2v) is 8.54. The summed E-state index contributed by atoms with van der Waals surface area (Å²) < 4.78 is 44.7. The molecule has 0 aliphatic carbocycles. The highest BCUT2D eigenvalue weighted by atomic mass is 19.3. The van der Waals surface area contributed by atoms with Gasteiger partial charge in [0.25, 0.3) is 12.0 Å². The molecule has 3 aliphatic heterocycles. The van der Waals surface area contributed by atoms with Gasteiger partial charge in [-0.15, -0.1) is 0 Å². The normalized spacial score (nSPS) is 14.4. The number of pyridine rings is 2. The molecule has 0 fully saturated rings. The summed E-state index contributed by atoms with van der Waals surface area (Å²) >= 11 is 0. The van der Waals surface area contributed by atoms with Crippen molar-refractivity contribution >= 4 is 5.82 Å². The minimum atomic E-state index is -2.92. The molecule has 1 aromatic heterocycles. The van der Waals surface area contributed by atoms with E-state index in [-0.39, 0.29) is 11.1 Å². The number of nitrogens with one attached hydrogen (secondary N) is 1. The zero-order valence-electron chi connectivity index (χ0n) is 19.4. The quantitative estimate of drug-likeness (QED) is 0.475. The van der Waals surface area contributed by atoms with Crippen molar-refractivity contribution in [1.82, 2.24) is 19.1 Å². The summed E-state index contributed by atoms with van der Waals surface area (Å²) in [6.45, 7) is 4.72. The average molecular weight is 480 g/mol. The van der Waals surface area contributed by atoms with Crippen LogP contribution in [0.4, 0.5) is 19.0 Å². The third-order valence-corrected chi connectivity index (χ3v) is 6.19. The van der Waals surface area contributed by atoms with Gasteiger partial charge in [-0.25, -0.2) is 23.1 Å². The molecule has 1 atom stereocenters. The van der Waals surface area contributed by atoms with Crippen LogP contribution in [0.2, 0.25) is 0 Å². The van der Waals surface area contributed by atoms with E-state index in [1.807, 2.05) is 16.7 Å². The number of nitrogens with zero attached hydrogens (tertiary/aromatic N) is 5. The molecule has 10 heteroatoms. The first-order valence-electron chi connectivity index (χ1n) is 11.2. The van der Waals surface area contributed by atoms with Crippen LogP contribution in [0.25, 0.3) is 22.5 Å². The molecule has 1 N–H and O–H groups in total. The topological polar surface area (TPSA) is 77.1 Å². The van der Waals surface area contributed by atoms with E-state index in [0.717, 1.165) is 23.0 Å². The Balaban J connectivity index is 1.74. The number of benzene rings is 1. The molecule has 0 amide bonds. The number of hydrogen-bond acceptors (Lipinski definition) is 5. The molecule has 35 heavy (non-hydrogen) atoms. The van der Waals surface area contributed by atoms with Crippen LogP contribution in [-0.2, 0) is 13.6 Å². The average Bonchev–Trinajstić information content (AvgIpc) is 3.31. The molecule has 0 bridgehead atoms. The summed E-state index contributed by atoms with van der Waals surface area (Å²) in [5.41, 5.74) is 1.73. The number of fused-ring (bicyclic) bond motifs is 3. The molecule has 1 unspecified atom stereocenters. The van der Waals surface area contributed by atoms with Crippen LogP contribution in [0, 0.1) is 12.7 Å².